The minimum atomic E-state index is -1.02. The summed E-state index contributed by atoms with van der Waals surface area (Å²) in [4.78, 5) is 21.4. The molecule has 41 heavy (non-hydrogen) atoms. The van der Waals surface area contributed by atoms with Crippen molar-refractivity contribution >= 4 is 17.0 Å². The van der Waals surface area contributed by atoms with Gasteiger partial charge in [0.2, 0.25) is 0 Å². The lowest BCUT2D eigenvalue weighted by molar-refractivity contribution is 0.0696. The van der Waals surface area contributed by atoms with Crippen LogP contribution >= 0.6 is 0 Å². The van der Waals surface area contributed by atoms with Crippen LogP contribution in [0.5, 0.6) is 5.75 Å². The number of ether oxygens (including phenoxy) is 1. The molecule has 0 bridgehead atoms. The SMILES string of the molecule is Cc1noc(C)c1-c1cnc2c(c1)c(-c1ccc(C(=O)O)cc1OCc1ccccc1)cn2[C@@H](C)c1ccccn1. The molecule has 1 atom stereocenters. The van der Waals surface area contributed by atoms with Gasteiger partial charge in [-0.05, 0) is 62.7 Å². The van der Waals surface area contributed by atoms with Crippen LogP contribution in [0.4, 0.5) is 0 Å². The minimum Gasteiger partial charge on any atom is -0.488 e. The van der Waals surface area contributed by atoms with E-state index in [-0.39, 0.29) is 11.6 Å². The van der Waals surface area contributed by atoms with Crippen molar-refractivity contribution in [1.82, 2.24) is 19.7 Å². The second kappa shape index (κ2) is 10.7. The zero-order valence-corrected chi connectivity index (χ0v) is 22.9. The maximum atomic E-state index is 11.9. The van der Waals surface area contributed by atoms with Crippen LogP contribution in [0.1, 0.15) is 46.0 Å². The van der Waals surface area contributed by atoms with Gasteiger partial charge in [-0.2, -0.15) is 0 Å². The number of rotatable bonds is 8. The van der Waals surface area contributed by atoms with Crippen molar-refractivity contribution in [3.63, 3.8) is 0 Å². The summed E-state index contributed by atoms with van der Waals surface area (Å²) in [5.41, 5.74) is 6.99. The lowest BCUT2D eigenvalue weighted by atomic mass is 10.00. The third-order valence-electron chi connectivity index (χ3n) is 7.28. The van der Waals surface area contributed by atoms with Crippen LogP contribution in [0.2, 0.25) is 0 Å². The van der Waals surface area contributed by atoms with E-state index in [9.17, 15) is 9.90 Å². The zero-order chi connectivity index (χ0) is 28.5. The van der Waals surface area contributed by atoms with Gasteiger partial charge in [-0.3, -0.25) is 4.98 Å². The molecule has 204 valence electrons. The van der Waals surface area contributed by atoms with Crippen molar-refractivity contribution in [3.05, 3.63) is 120 Å². The Kier molecular flexibility index (Phi) is 6.81. The van der Waals surface area contributed by atoms with Gasteiger partial charge < -0.3 is 18.9 Å². The van der Waals surface area contributed by atoms with Crippen molar-refractivity contribution in [3.8, 4) is 28.0 Å². The van der Waals surface area contributed by atoms with Gasteiger partial charge in [0.1, 0.15) is 23.8 Å². The average molecular weight is 545 g/mol. The summed E-state index contributed by atoms with van der Waals surface area (Å²) < 4.78 is 13.8. The van der Waals surface area contributed by atoms with Crippen molar-refractivity contribution in [2.45, 2.75) is 33.4 Å². The molecule has 0 unspecified atom stereocenters. The fourth-order valence-electron chi connectivity index (χ4n) is 5.17. The Balaban J connectivity index is 1.55. The average Bonchev–Trinajstić information content (AvgIpc) is 3.55. The Morgan fingerprint density at radius 1 is 1.00 bits per heavy atom. The molecule has 0 saturated carbocycles. The van der Waals surface area contributed by atoms with Crippen LogP contribution in [-0.2, 0) is 6.61 Å². The van der Waals surface area contributed by atoms with Crippen LogP contribution < -0.4 is 4.74 Å². The molecular weight excluding hydrogens is 516 g/mol. The third-order valence-corrected chi connectivity index (χ3v) is 7.28. The Labute approximate surface area is 236 Å². The number of hydrogen-bond donors (Lipinski definition) is 1. The lowest BCUT2D eigenvalue weighted by Crippen LogP contribution is -2.07. The number of carboxylic acid groups (broad SMARTS) is 1. The monoisotopic (exact) mass is 544 g/mol. The molecule has 1 N–H and O–H groups in total. The first-order valence-electron chi connectivity index (χ1n) is 13.3. The molecular formula is C33H28N4O4. The van der Waals surface area contributed by atoms with Crippen LogP contribution in [0, 0.1) is 13.8 Å². The van der Waals surface area contributed by atoms with Gasteiger partial charge in [-0.25, -0.2) is 9.78 Å². The highest BCUT2D eigenvalue weighted by molar-refractivity contribution is 5.99. The number of fused-ring (bicyclic) bond motifs is 1. The highest BCUT2D eigenvalue weighted by atomic mass is 16.5. The molecule has 4 aromatic heterocycles. The number of aromatic carboxylic acids is 1. The molecule has 0 amide bonds. The summed E-state index contributed by atoms with van der Waals surface area (Å²) in [5.74, 6) is 0.167. The summed E-state index contributed by atoms with van der Waals surface area (Å²) >= 11 is 0. The fourth-order valence-corrected chi connectivity index (χ4v) is 5.17. The molecule has 2 aromatic carbocycles. The first-order chi connectivity index (χ1) is 19.9. The number of nitrogens with zero attached hydrogens (tertiary/aromatic N) is 4. The van der Waals surface area contributed by atoms with Crippen molar-refractivity contribution in [1.29, 1.82) is 0 Å². The quantitative estimate of drug-likeness (QED) is 0.215. The Hall–Kier alpha value is -5.24. The van der Waals surface area contributed by atoms with Gasteiger partial charge in [0.05, 0.1) is 23.0 Å². The second-order valence-corrected chi connectivity index (χ2v) is 9.97. The van der Waals surface area contributed by atoms with Gasteiger partial charge in [-0.1, -0.05) is 41.6 Å². The number of benzene rings is 2. The molecule has 4 heterocycles. The molecule has 6 aromatic rings. The maximum Gasteiger partial charge on any atom is 0.335 e. The zero-order valence-electron chi connectivity index (χ0n) is 22.9. The van der Waals surface area contributed by atoms with Crippen LogP contribution in [0.3, 0.4) is 0 Å². The Morgan fingerprint density at radius 2 is 1.80 bits per heavy atom. The van der Waals surface area contributed by atoms with E-state index in [0.717, 1.165) is 50.2 Å². The van der Waals surface area contributed by atoms with Gasteiger partial charge in [0.15, 0.2) is 0 Å². The van der Waals surface area contributed by atoms with Gasteiger partial charge >= 0.3 is 5.97 Å². The number of pyridine rings is 2. The maximum absolute atomic E-state index is 11.9. The molecule has 0 aliphatic heterocycles. The van der Waals surface area contributed by atoms with E-state index in [1.165, 1.54) is 0 Å². The first kappa shape index (κ1) is 26.0. The molecule has 0 fully saturated rings. The van der Waals surface area contributed by atoms with Crippen molar-refractivity contribution < 1.29 is 19.2 Å². The number of carbonyl (C=O) groups is 1. The summed E-state index contributed by atoms with van der Waals surface area (Å²) in [7, 11) is 0. The topological polar surface area (TPSA) is 103 Å². The number of carboxylic acids is 1. The van der Waals surface area contributed by atoms with E-state index < -0.39 is 5.97 Å². The highest BCUT2D eigenvalue weighted by Gasteiger charge is 2.22. The second-order valence-electron chi connectivity index (χ2n) is 9.97. The number of aromatic nitrogens is 4. The van der Waals surface area contributed by atoms with Gasteiger partial charge in [0, 0.05) is 46.2 Å². The van der Waals surface area contributed by atoms with E-state index in [0.29, 0.717) is 18.1 Å². The summed E-state index contributed by atoms with van der Waals surface area (Å²) in [6.45, 7) is 6.17. The molecule has 8 heteroatoms. The smallest absolute Gasteiger partial charge is 0.335 e. The predicted molar refractivity (Wildman–Crippen MR) is 156 cm³/mol. The minimum absolute atomic E-state index is 0.114. The summed E-state index contributed by atoms with van der Waals surface area (Å²) in [5, 5.41) is 14.7. The lowest BCUT2D eigenvalue weighted by Gasteiger charge is -2.14. The van der Waals surface area contributed by atoms with Crippen LogP contribution in [0.15, 0.2) is 95.9 Å². The Morgan fingerprint density at radius 3 is 2.51 bits per heavy atom. The molecule has 0 radical (unpaired) electrons. The van der Waals surface area contributed by atoms with Crippen molar-refractivity contribution in [2.75, 3.05) is 0 Å². The predicted octanol–water partition coefficient (Wildman–Crippen LogP) is 7.26. The normalized spacial score (nSPS) is 12.0. The number of hydrogen-bond acceptors (Lipinski definition) is 6. The van der Waals surface area contributed by atoms with E-state index in [1.807, 2.05) is 74.8 Å². The molecule has 6 rings (SSSR count). The van der Waals surface area contributed by atoms with E-state index in [2.05, 4.69) is 27.7 Å². The molecule has 8 nitrogen and oxygen atoms in total. The van der Waals surface area contributed by atoms with Crippen LogP contribution in [-0.4, -0.2) is 30.8 Å². The first-order valence-corrected chi connectivity index (χ1v) is 13.3. The number of aryl methyl sites for hydroxylation is 2. The van der Waals surface area contributed by atoms with Crippen molar-refractivity contribution in [2.24, 2.45) is 0 Å². The van der Waals surface area contributed by atoms with Gasteiger partial charge in [0.25, 0.3) is 0 Å². The van der Waals surface area contributed by atoms with E-state index >= 15 is 0 Å². The summed E-state index contributed by atoms with van der Waals surface area (Å²) in [6.07, 6.45) is 5.65. The molecule has 0 saturated heterocycles. The standard InChI is InChI=1S/C33H28N4O4/c1-20-31(22(3)41-36-20)25-15-27-28(18-37(32(27)35-17-25)21(2)29-11-7-8-14-34-29)26-13-12-24(33(38)39)16-30(26)40-19-23-9-5-4-6-10-23/h4-18,21H,19H2,1-3H3,(H,38,39)/t21-/m0/s1. The summed E-state index contributed by atoms with van der Waals surface area (Å²) in [6, 6.07) is 22.6. The van der Waals surface area contributed by atoms with Crippen LogP contribution in [0.25, 0.3) is 33.3 Å². The molecule has 0 aliphatic rings. The Bertz CT molecular complexity index is 1840. The third kappa shape index (κ3) is 4.96. The molecule has 0 spiro atoms. The largest absolute Gasteiger partial charge is 0.488 e. The van der Waals surface area contributed by atoms with E-state index in [1.54, 1.807) is 24.4 Å². The van der Waals surface area contributed by atoms with E-state index in [4.69, 9.17) is 14.2 Å². The fraction of sp³-hybridized carbons (Fsp3) is 0.152. The highest BCUT2D eigenvalue weighted by Crippen LogP contribution is 2.40. The van der Waals surface area contributed by atoms with Gasteiger partial charge in [-0.15, -0.1) is 0 Å². The molecule has 0 aliphatic carbocycles.